The Hall–Kier alpha value is -1.75. The molecule has 5 nitrogen and oxygen atoms in total. The minimum absolute atomic E-state index is 0.247. The summed E-state index contributed by atoms with van der Waals surface area (Å²) in [4.78, 5) is 22.9. The van der Waals surface area contributed by atoms with Crippen LogP contribution < -0.4 is 11.1 Å². The monoisotopic (exact) mass is 282 g/mol. The van der Waals surface area contributed by atoms with Gasteiger partial charge < -0.3 is 16.2 Å². The highest BCUT2D eigenvalue weighted by Gasteiger charge is 2.41. The molecule has 1 amide bonds. The number of hydrogen-bond donors (Lipinski definition) is 3. The van der Waals surface area contributed by atoms with Crippen LogP contribution in [0.5, 0.6) is 0 Å². The molecule has 1 aliphatic rings. The van der Waals surface area contributed by atoms with Crippen molar-refractivity contribution in [1.82, 2.24) is 0 Å². The minimum Gasteiger partial charge on any atom is -0.480 e. The lowest BCUT2D eigenvalue weighted by atomic mass is 9.96. The number of amides is 1. The van der Waals surface area contributed by atoms with Crippen molar-refractivity contribution in [3.63, 3.8) is 0 Å². The molecule has 4 N–H and O–H groups in total. The van der Waals surface area contributed by atoms with Crippen LogP contribution in [0.15, 0.2) is 18.2 Å². The highest BCUT2D eigenvalue weighted by molar-refractivity contribution is 6.31. The Labute approximate surface area is 115 Å². The molecule has 0 radical (unpaired) electrons. The largest absolute Gasteiger partial charge is 0.480 e. The molecule has 0 saturated heterocycles. The molecule has 102 valence electrons. The maximum atomic E-state index is 11.5. The van der Waals surface area contributed by atoms with Gasteiger partial charge >= 0.3 is 5.97 Å². The van der Waals surface area contributed by atoms with E-state index < -0.39 is 17.4 Å². The van der Waals surface area contributed by atoms with Crippen molar-refractivity contribution in [3.05, 3.63) is 28.8 Å². The van der Waals surface area contributed by atoms with Gasteiger partial charge in [-0.15, -0.1) is 0 Å². The third kappa shape index (κ3) is 2.66. The van der Waals surface area contributed by atoms with Crippen molar-refractivity contribution in [2.75, 3.05) is 5.32 Å². The van der Waals surface area contributed by atoms with E-state index in [0.29, 0.717) is 23.6 Å². The topological polar surface area (TPSA) is 92.4 Å². The first-order valence-electron chi connectivity index (χ1n) is 6.05. The number of carbonyl (C=O) groups excluding carboxylic acids is 1. The Kier molecular flexibility index (Phi) is 3.66. The highest BCUT2D eigenvalue weighted by atomic mass is 35.5. The van der Waals surface area contributed by atoms with Crippen molar-refractivity contribution in [2.45, 2.75) is 31.2 Å². The summed E-state index contributed by atoms with van der Waals surface area (Å²) in [5.74, 6) is -1.53. The molecule has 0 aromatic heterocycles. The standard InChI is InChI=1S/C13H15ClN2O3/c14-8-3-4-9(11(15)17)10(7-8)16-13(12(18)19)5-1-2-6-13/h3-4,7,16H,1-2,5-6H2,(H2,15,17)(H,18,19). The maximum absolute atomic E-state index is 11.5. The summed E-state index contributed by atoms with van der Waals surface area (Å²) in [5, 5.41) is 12.8. The van der Waals surface area contributed by atoms with E-state index in [-0.39, 0.29) is 5.56 Å². The summed E-state index contributed by atoms with van der Waals surface area (Å²) < 4.78 is 0. The maximum Gasteiger partial charge on any atom is 0.329 e. The number of carboxylic acid groups (broad SMARTS) is 1. The van der Waals surface area contributed by atoms with E-state index in [4.69, 9.17) is 17.3 Å². The zero-order valence-electron chi connectivity index (χ0n) is 10.3. The van der Waals surface area contributed by atoms with E-state index in [1.807, 2.05) is 0 Å². The SMILES string of the molecule is NC(=O)c1ccc(Cl)cc1NC1(C(=O)O)CCCC1. The van der Waals surface area contributed by atoms with E-state index in [9.17, 15) is 14.7 Å². The molecule has 0 atom stereocenters. The molecular formula is C13H15ClN2O3. The number of aliphatic carboxylic acids is 1. The number of rotatable bonds is 4. The molecular weight excluding hydrogens is 268 g/mol. The quantitative estimate of drug-likeness (QED) is 0.790. The number of carbonyl (C=O) groups is 2. The van der Waals surface area contributed by atoms with Crippen molar-refractivity contribution in [1.29, 1.82) is 0 Å². The lowest BCUT2D eigenvalue weighted by Gasteiger charge is -2.27. The molecule has 0 spiro atoms. The summed E-state index contributed by atoms with van der Waals surface area (Å²) >= 11 is 5.89. The molecule has 19 heavy (non-hydrogen) atoms. The van der Waals surface area contributed by atoms with Crippen molar-refractivity contribution in [2.24, 2.45) is 5.73 Å². The highest BCUT2D eigenvalue weighted by Crippen LogP contribution is 2.35. The second-order valence-corrected chi connectivity index (χ2v) is 5.21. The molecule has 0 unspecified atom stereocenters. The molecule has 6 heteroatoms. The molecule has 0 aliphatic heterocycles. The van der Waals surface area contributed by atoms with Crippen LogP contribution in [0.25, 0.3) is 0 Å². The molecule has 1 aromatic rings. The van der Waals surface area contributed by atoms with Gasteiger partial charge in [-0.25, -0.2) is 4.79 Å². The Bertz CT molecular complexity index is 525. The van der Waals surface area contributed by atoms with E-state index in [2.05, 4.69) is 5.32 Å². The minimum atomic E-state index is -1.03. The first-order valence-corrected chi connectivity index (χ1v) is 6.43. The van der Waals surface area contributed by atoms with Crippen molar-refractivity contribution < 1.29 is 14.7 Å². The van der Waals surface area contributed by atoms with Gasteiger partial charge in [-0.1, -0.05) is 24.4 Å². The summed E-state index contributed by atoms with van der Waals surface area (Å²) in [7, 11) is 0. The smallest absolute Gasteiger partial charge is 0.329 e. The van der Waals surface area contributed by atoms with Crippen LogP contribution in [0.3, 0.4) is 0 Å². The van der Waals surface area contributed by atoms with Gasteiger partial charge in [0.05, 0.1) is 5.56 Å². The summed E-state index contributed by atoms with van der Waals surface area (Å²) in [6.45, 7) is 0. The molecule has 1 saturated carbocycles. The number of benzene rings is 1. The van der Waals surface area contributed by atoms with Crippen LogP contribution in [0.2, 0.25) is 5.02 Å². The van der Waals surface area contributed by atoms with Crippen LogP contribution in [-0.2, 0) is 4.79 Å². The van der Waals surface area contributed by atoms with Crippen molar-refractivity contribution in [3.8, 4) is 0 Å². The Morgan fingerprint density at radius 2 is 1.95 bits per heavy atom. The van der Waals surface area contributed by atoms with Crippen LogP contribution in [0.1, 0.15) is 36.0 Å². The van der Waals surface area contributed by atoms with Gasteiger partial charge in [-0.3, -0.25) is 4.79 Å². The number of halogens is 1. The third-order valence-corrected chi connectivity index (χ3v) is 3.72. The molecule has 2 rings (SSSR count). The molecule has 0 heterocycles. The predicted octanol–water partition coefficient (Wildman–Crippen LogP) is 2.25. The van der Waals surface area contributed by atoms with Gasteiger partial charge in [0.25, 0.3) is 5.91 Å². The van der Waals surface area contributed by atoms with Gasteiger partial charge in [-0.05, 0) is 31.0 Å². The number of anilines is 1. The fraction of sp³-hybridized carbons (Fsp3) is 0.385. The van der Waals surface area contributed by atoms with Gasteiger partial charge in [0.15, 0.2) is 0 Å². The number of nitrogens with two attached hydrogens (primary N) is 1. The summed E-state index contributed by atoms with van der Waals surface area (Å²) in [5.41, 5.74) is 4.88. The van der Waals surface area contributed by atoms with E-state index in [0.717, 1.165) is 12.8 Å². The number of carboxylic acids is 1. The molecule has 1 aromatic carbocycles. The first-order chi connectivity index (χ1) is 8.94. The summed E-state index contributed by atoms with van der Waals surface area (Å²) in [6.07, 6.45) is 2.72. The normalized spacial score (nSPS) is 17.1. The van der Waals surface area contributed by atoms with Crippen LogP contribution in [0.4, 0.5) is 5.69 Å². The zero-order valence-corrected chi connectivity index (χ0v) is 11.0. The lowest BCUT2D eigenvalue weighted by Crippen LogP contribution is -2.44. The number of hydrogen-bond acceptors (Lipinski definition) is 3. The summed E-state index contributed by atoms with van der Waals surface area (Å²) in [6, 6.07) is 4.58. The average Bonchev–Trinajstić information content (AvgIpc) is 2.78. The van der Waals surface area contributed by atoms with E-state index in [1.54, 1.807) is 6.07 Å². The second-order valence-electron chi connectivity index (χ2n) is 4.77. The third-order valence-electron chi connectivity index (χ3n) is 3.49. The zero-order chi connectivity index (χ0) is 14.0. The Morgan fingerprint density at radius 1 is 1.32 bits per heavy atom. The van der Waals surface area contributed by atoms with Gasteiger partial charge in [0, 0.05) is 10.7 Å². The fourth-order valence-corrected chi connectivity index (χ4v) is 2.64. The van der Waals surface area contributed by atoms with Crippen LogP contribution in [-0.4, -0.2) is 22.5 Å². The lowest BCUT2D eigenvalue weighted by molar-refractivity contribution is -0.142. The van der Waals surface area contributed by atoms with Gasteiger partial charge in [-0.2, -0.15) is 0 Å². The average molecular weight is 283 g/mol. The van der Waals surface area contributed by atoms with E-state index in [1.165, 1.54) is 12.1 Å². The van der Waals surface area contributed by atoms with Crippen molar-refractivity contribution >= 4 is 29.2 Å². The van der Waals surface area contributed by atoms with Gasteiger partial charge in [0.2, 0.25) is 0 Å². The molecule has 0 bridgehead atoms. The number of primary amides is 1. The van der Waals surface area contributed by atoms with E-state index >= 15 is 0 Å². The first kappa shape index (κ1) is 13.7. The van der Waals surface area contributed by atoms with Crippen LogP contribution >= 0.6 is 11.6 Å². The molecule has 1 aliphatic carbocycles. The second kappa shape index (κ2) is 5.09. The Morgan fingerprint density at radius 3 is 2.47 bits per heavy atom. The number of nitrogens with one attached hydrogen (secondary N) is 1. The molecule has 1 fully saturated rings. The fourth-order valence-electron chi connectivity index (χ4n) is 2.46. The Balaban J connectivity index is 2.39. The predicted molar refractivity (Wildman–Crippen MR) is 72.4 cm³/mol. The van der Waals surface area contributed by atoms with Gasteiger partial charge in [0.1, 0.15) is 5.54 Å². The van der Waals surface area contributed by atoms with Crippen LogP contribution in [0, 0.1) is 0 Å².